The van der Waals surface area contributed by atoms with Crippen molar-refractivity contribution < 1.29 is 14.6 Å². The van der Waals surface area contributed by atoms with Gasteiger partial charge in [0.05, 0.1) is 18.9 Å². The zero-order valence-electron chi connectivity index (χ0n) is 12.2. The first kappa shape index (κ1) is 16.4. The van der Waals surface area contributed by atoms with Crippen LogP contribution in [0.4, 0.5) is 0 Å². The molecule has 0 amide bonds. The van der Waals surface area contributed by atoms with Crippen molar-refractivity contribution in [1.29, 1.82) is 0 Å². The molecule has 0 spiro atoms. The third kappa shape index (κ3) is 3.11. The zero-order valence-corrected chi connectivity index (χ0v) is 14.5. The van der Waals surface area contributed by atoms with Crippen molar-refractivity contribution in [3.63, 3.8) is 0 Å². The number of hydrogen-bond donors (Lipinski definition) is 1. The van der Waals surface area contributed by atoms with Gasteiger partial charge < -0.3 is 9.84 Å². The lowest BCUT2D eigenvalue weighted by molar-refractivity contribution is -0.139. The molecule has 1 N–H and O–H groups in total. The third-order valence-corrected chi connectivity index (χ3v) is 5.22. The van der Waals surface area contributed by atoms with E-state index in [2.05, 4.69) is 15.9 Å². The molecule has 0 aliphatic heterocycles. The molecular formula is C16H18BrClO3. The van der Waals surface area contributed by atoms with Crippen LogP contribution in [0.15, 0.2) is 24.3 Å². The normalized spacial score (nSPS) is 23.8. The Morgan fingerprint density at radius 1 is 1.52 bits per heavy atom. The van der Waals surface area contributed by atoms with Gasteiger partial charge in [0.1, 0.15) is 5.75 Å². The number of benzene rings is 1. The van der Waals surface area contributed by atoms with Crippen LogP contribution in [-0.4, -0.2) is 18.2 Å². The number of ether oxygens (including phenoxy) is 1. The van der Waals surface area contributed by atoms with Gasteiger partial charge in [0.2, 0.25) is 0 Å². The SMILES string of the molecule is COc1cc(/C(Br)=C/C2C(C(=O)O)C2(C)C)ccc1CCl. The van der Waals surface area contributed by atoms with Crippen molar-refractivity contribution in [2.45, 2.75) is 19.7 Å². The summed E-state index contributed by atoms with van der Waals surface area (Å²) in [5.74, 6) is 0.0908. The number of rotatable bonds is 5. The Morgan fingerprint density at radius 3 is 2.67 bits per heavy atom. The topological polar surface area (TPSA) is 46.5 Å². The zero-order chi connectivity index (χ0) is 15.8. The summed E-state index contributed by atoms with van der Waals surface area (Å²) in [5.41, 5.74) is 1.68. The second kappa shape index (κ2) is 6.01. The van der Waals surface area contributed by atoms with Crippen LogP contribution in [0.1, 0.15) is 25.0 Å². The fourth-order valence-corrected chi connectivity index (χ4v) is 3.47. The molecule has 1 aromatic carbocycles. The number of alkyl halides is 1. The first-order valence-corrected chi connectivity index (χ1v) is 7.99. The summed E-state index contributed by atoms with van der Waals surface area (Å²) < 4.78 is 6.20. The van der Waals surface area contributed by atoms with E-state index in [4.69, 9.17) is 16.3 Å². The molecule has 2 rings (SSSR count). The molecule has 5 heteroatoms. The van der Waals surface area contributed by atoms with Gasteiger partial charge in [-0.15, -0.1) is 11.6 Å². The van der Waals surface area contributed by atoms with Crippen molar-refractivity contribution >= 4 is 38.0 Å². The lowest BCUT2D eigenvalue weighted by Crippen LogP contribution is -2.03. The van der Waals surface area contributed by atoms with Crippen molar-refractivity contribution in [1.82, 2.24) is 0 Å². The summed E-state index contributed by atoms with van der Waals surface area (Å²) in [7, 11) is 1.61. The van der Waals surface area contributed by atoms with E-state index in [1.165, 1.54) is 0 Å². The molecule has 3 nitrogen and oxygen atoms in total. The third-order valence-electron chi connectivity index (χ3n) is 4.21. The Kier molecular flexibility index (Phi) is 4.69. The summed E-state index contributed by atoms with van der Waals surface area (Å²) in [6, 6.07) is 5.78. The van der Waals surface area contributed by atoms with E-state index in [9.17, 15) is 9.90 Å². The Balaban J connectivity index is 2.27. The Morgan fingerprint density at radius 2 is 2.19 bits per heavy atom. The van der Waals surface area contributed by atoms with Gasteiger partial charge >= 0.3 is 5.97 Å². The Hall–Kier alpha value is -1.00. The first-order chi connectivity index (χ1) is 9.82. The standard InChI is InChI=1S/C16H18BrClO3/c1-16(2)11(14(16)15(19)20)7-12(17)9-4-5-10(8-18)13(6-9)21-3/h4-7,11,14H,8H2,1-3H3,(H,19,20)/b12-7-. The van der Waals surface area contributed by atoms with Crippen molar-refractivity contribution in [2.75, 3.05) is 7.11 Å². The number of carboxylic acid groups (broad SMARTS) is 1. The summed E-state index contributed by atoms with van der Waals surface area (Å²) in [4.78, 5) is 11.2. The number of aliphatic carboxylic acids is 1. The highest BCUT2D eigenvalue weighted by atomic mass is 79.9. The predicted octanol–water partition coefficient (Wildman–Crippen LogP) is 4.53. The molecule has 2 unspecified atom stereocenters. The smallest absolute Gasteiger partial charge is 0.307 e. The minimum atomic E-state index is -0.739. The maximum Gasteiger partial charge on any atom is 0.307 e. The maximum absolute atomic E-state index is 11.2. The average molecular weight is 374 g/mol. The number of hydrogen-bond acceptors (Lipinski definition) is 2. The van der Waals surface area contributed by atoms with E-state index in [0.717, 1.165) is 21.4 Å². The molecule has 0 saturated heterocycles. The molecule has 2 atom stereocenters. The fourth-order valence-electron chi connectivity index (χ4n) is 2.72. The second-order valence-electron chi connectivity index (χ2n) is 5.84. The molecule has 0 bridgehead atoms. The quantitative estimate of drug-likeness (QED) is 0.772. The van der Waals surface area contributed by atoms with Crippen LogP contribution < -0.4 is 4.74 Å². The number of methoxy groups -OCH3 is 1. The van der Waals surface area contributed by atoms with E-state index in [0.29, 0.717) is 5.88 Å². The van der Waals surface area contributed by atoms with Gasteiger partial charge in [-0.25, -0.2) is 0 Å². The van der Waals surface area contributed by atoms with Gasteiger partial charge in [0.15, 0.2) is 0 Å². The van der Waals surface area contributed by atoms with Crippen LogP contribution in [0.5, 0.6) is 5.75 Å². The molecule has 114 valence electrons. The Labute approximate surface area is 138 Å². The van der Waals surface area contributed by atoms with E-state index in [1.54, 1.807) is 7.11 Å². The van der Waals surface area contributed by atoms with Crippen LogP contribution in [0.3, 0.4) is 0 Å². The van der Waals surface area contributed by atoms with E-state index < -0.39 is 5.97 Å². The van der Waals surface area contributed by atoms with Gasteiger partial charge in [-0.3, -0.25) is 4.79 Å². The first-order valence-electron chi connectivity index (χ1n) is 6.66. The maximum atomic E-state index is 11.2. The van der Waals surface area contributed by atoms with Crippen LogP contribution >= 0.6 is 27.5 Å². The highest BCUT2D eigenvalue weighted by Gasteiger charge is 2.60. The molecule has 1 aliphatic carbocycles. The highest BCUT2D eigenvalue weighted by molar-refractivity contribution is 9.15. The molecule has 0 aromatic heterocycles. The van der Waals surface area contributed by atoms with Gasteiger partial charge in [0.25, 0.3) is 0 Å². The molecule has 1 saturated carbocycles. The van der Waals surface area contributed by atoms with Crippen LogP contribution in [-0.2, 0) is 10.7 Å². The number of carboxylic acids is 1. The van der Waals surface area contributed by atoms with Crippen molar-refractivity contribution in [3.8, 4) is 5.75 Å². The summed E-state index contributed by atoms with van der Waals surface area (Å²) in [6.07, 6.45) is 1.98. The number of halogens is 2. The van der Waals surface area contributed by atoms with Crippen molar-refractivity contribution in [2.24, 2.45) is 17.3 Å². The van der Waals surface area contributed by atoms with Gasteiger partial charge in [-0.1, -0.05) is 48.0 Å². The molecule has 1 aliphatic rings. The predicted molar refractivity (Wildman–Crippen MR) is 87.9 cm³/mol. The molecule has 1 aromatic rings. The van der Waals surface area contributed by atoms with Crippen LogP contribution in [0.25, 0.3) is 4.48 Å². The highest BCUT2D eigenvalue weighted by Crippen LogP contribution is 2.60. The van der Waals surface area contributed by atoms with Gasteiger partial charge in [0, 0.05) is 10.0 Å². The van der Waals surface area contributed by atoms with Gasteiger partial charge in [-0.05, 0) is 23.0 Å². The number of allylic oxidation sites excluding steroid dienone is 1. The molecule has 21 heavy (non-hydrogen) atoms. The largest absolute Gasteiger partial charge is 0.496 e. The second-order valence-corrected chi connectivity index (χ2v) is 6.96. The monoisotopic (exact) mass is 372 g/mol. The van der Waals surface area contributed by atoms with E-state index in [1.807, 2.05) is 38.1 Å². The Bertz CT molecular complexity index is 595. The van der Waals surface area contributed by atoms with E-state index >= 15 is 0 Å². The van der Waals surface area contributed by atoms with Crippen LogP contribution in [0.2, 0.25) is 0 Å². The molecule has 0 heterocycles. The number of carbonyl (C=O) groups is 1. The minimum Gasteiger partial charge on any atom is -0.496 e. The van der Waals surface area contributed by atoms with Gasteiger partial charge in [-0.2, -0.15) is 0 Å². The molecular weight excluding hydrogens is 356 g/mol. The fraction of sp³-hybridized carbons (Fsp3) is 0.438. The lowest BCUT2D eigenvalue weighted by Gasteiger charge is -2.08. The van der Waals surface area contributed by atoms with Crippen LogP contribution in [0, 0.1) is 17.3 Å². The molecule has 1 fully saturated rings. The summed E-state index contributed by atoms with van der Waals surface area (Å²) in [6.45, 7) is 3.95. The van der Waals surface area contributed by atoms with Crippen molar-refractivity contribution in [3.05, 3.63) is 35.4 Å². The average Bonchev–Trinajstić information content (AvgIpc) is 2.99. The molecule has 0 radical (unpaired) electrons. The minimum absolute atomic E-state index is 0.0306. The summed E-state index contributed by atoms with van der Waals surface area (Å²) >= 11 is 9.40. The van der Waals surface area contributed by atoms with E-state index in [-0.39, 0.29) is 17.3 Å². The lowest BCUT2D eigenvalue weighted by atomic mass is 10.1. The summed E-state index contributed by atoms with van der Waals surface area (Å²) in [5, 5.41) is 9.21.